The van der Waals surface area contributed by atoms with Gasteiger partial charge in [-0.25, -0.2) is 15.8 Å². The van der Waals surface area contributed by atoms with Gasteiger partial charge in [0.05, 0.1) is 10.3 Å². The van der Waals surface area contributed by atoms with E-state index in [1.54, 1.807) is 24.5 Å². The molecule has 3 rings (SSSR count). The number of nitrogens with two attached hydrogens (primary N) is 1. The van der Waals surface area contributed by atoms with Crippen molar-refractivity contribution in [1.29, 1.82) is 0 Å². The van der Waals surface area contributed by atoms with Crippen molar-refractivity contribution in [1.82, 2.24) is 19.4 Å². The van der Waals surface area contributed by atoms with Crippen molar-refractivity contribution in [3.8, 4) is 0 Å². The third-order valence-corrected chi connectivity index (χ3v) is 4.79. The van der Waals surface area contributed by atoms with E-state index in [2.05, 4.69) is 15.4 Å². The van der Waals surface area contributed by atoms with E-state index in [1.165, 1.54) is 11.8 Å². The van der Waals surface area contributed by atoms with Gasteiger partial charge in [-0.2, -0.15) is 0 Å². The number of carbonyl (C=O) groups excluding carboxylic acids is 1. The van der Waals surface area contributed by atoms with Gasteiger partial charge in [-0.15, -0.1) is 11.8 Å². The summed E-state index contributed by atoms with van der Waals surface area (Å²) in [5.41, 5.74) is 3.03. The lowest BCUT2D eigenvalue weighted by Gasteiger charge is -2.25. The molecule has 2 aromatic heterocycles. The largest absolute Gasteiger partial charge is 0.330 e. The van der Waals surface area contributed by atoms with Crippen molar-refractivity contribution >= 4 is 46.5 Å². The quantitative estimate of drug-likeness (QED) is 0.494. The fourth-order valence-corrected chi connectivity index (χ4v) is 3.55. The first-order chi connectivity index (χ1) is 10.2. The number of nitrogens with one attached hydrogen (secondary N) is 1. The molecule has 2 aromatic rings. The number of nitrogens with zero attached hydrogens (tertiary/aromatic N) is 4. The van der Waals surface area contributed by atoms with E-state index < -0.39 is 0 Å². The van der Waals surface area contributed by atoms with Gasteiger partial charge in [0.25, 0.3) is 5.91 Å². The highest BCUT2D eigenvalue weighted by molar-refractivity contribution is 8.04. The Labute approximate surface area is 130 Å². The van der Waals surface area contributed by atoms with E-state index >= 15 is 0 Å². The molecule has 0 aromatic carbocycles. The summed E-state index contributed by atoms with van der Waals surface area (Å²) < 4.78 is 1.98. The van der Waals surface area contributed by atoms with Crippen molar-refractivity contribution < 1.29 is 4.79 Å². The fraction of sp³-hybridized carbons (Fsp3) is 0.250. The molecule has 1 aliphatic rings. The summed E-state index contributed by atoms with van der Waals surface area (Å²) >= 11 is 3.06. The zero-order valence-corrected chi connectivity index (χ0v) is 12.9. The molecule has 0 unspecified atom stereocenters. The van der Waals surface area contributed by atoms with Gasteiger partial charge >= 0.3 is 0 Å². The highest BCUT2D eigenvalue weighted by Crippen LogP contribution is 2.30. The van der Waals surface area contributed by atoms with E-state index in [0.717, 1.165) is 29.1 Å². The number of hydrogen-bond donors (Lipinski definition) is 2. The van der Waals surface area contributed by atoms with Crippen LogP contribution in [0.4, 0.5) is 5.82 Å². The zero-order chi connectivity index (χ0) is 14.8. The lowest BCUT2D eigenvalue weighted by Crippen LogP contribution is -2.34. The Balaban J connectivity index is 2.04. The Morgan fingerprint density at radius 3 is 3.14 bits per heavy atom. The molecule has 0 saturated carbocycles. The molecule has 0 aliphatic carbocycles. The molecule has 21 heavy (non-hydrogen) atoms. The third kappa shape index (κ3) is 2.59. The van der Waals surface area contributed by atoms with Crippen LogP contribution in [0.2, 0.25) is 0 Å². The summed E-state index contributed by atoms with van der Waals surface area (Å²) in [6.07, 6.45) is 7.28. The highest BCUT2D eigenvalue weighted by Gasteiger charge is 2.20. The van der Waals surface area contributed by atoms with E-state index in [4.69, 9.17) is 5.84 Å². The van der Waals surface area contributed by atoms with E-state index in [0.29, 0.717) is 4.91 Å². The van der Waals surface area contributed by atoms with Crippen LogP contribution in [-0.2, 0) is 4.79 Å². The number of thioether (sulfide) groups is 1. The fourth-order valence-electron chi connectivity index (χ4n) is 2.15. The molecule has 0 radical (unpaired) electrons. The topological polar surface area (TPSA) is 89.1 Å². The maximum absolute atomic E-state index is 11.7. The lowest BCUT2D eigenvalue weighted by molar-refractivity contribution is -0.116. The first-order valence-corrected chi connectivity index (χ1v) is 8.40. The van der Waals surface area contributed by atoms with Crippen LogP contribution in [0.1, 0.15) is 0 Å². The summed E-state index contributed by atoms with van der Waals surface area (Å²) in [5, 5.41) is 0.961. The Hall–Kier alpha value is -1.71. The molecule has 0 fully saturated rings. The molecule has 0 atom stereocenters. The molecule has 110 valence electrons. The predicted octanol–water partition coefficient (Wildman–Crippen LogP) is 0.942. The first kappa shape index (κ1) is 14.2. The van der Waals surface area contributed by atoms with Gasteiger partial charge in [0.15, 0.2) is 5.65 Å². The van der Waals surface area contributed by atoms with Crippen molar-refractivity contribution in [2.24, 2.45) is 5.84 Å². The SMILES string of the molecule is CSn1ccc2c(N3C=C(C(=O)NN)SCC3)ncnc21. The summed E-state index contributed by atoms with van der Waals surface area (Å²) in [6.45, 7) is 0.780. The van der Waals surface area contributed by atoms with Gasteiger partial charge in [0.2, 0.25) is 0 Å². The minimum absolute atomic E-state index is 0.281. The normalized spacial score (nSPS) is 15.1. The Kier molecular flexibility index (Phi) is 4.04. The molecule has 1 aliphatic heterocycles. The molecular formula is C12H14N6OS2. The summed E-state index contributed by atoms with van der Waals surface area (Å²) in [5.74, 6) is 6.52. The molecule has 0 bridgehead atoms. The Morgan fingerprint density at radius 2 is 2.38 bits per heavy atom. The average molecular weight is 322 g/mol. The number of aromatic nitrogens is 3. The molecule has 0 saturated heterocycles. The maximum Gasteiger partial charge on any atom is 0.273 e. The second kappa shape index (κ2) is 5.96. The van der Waals surface area contributed by atoms with Crippen LogP contribution in [-0.4, -0.2) is 38.4 Å². The van der Waals surface area contributed by atoms with Gasteiger partial charge in [-0.05, 0) is 18.0 Å². The molecule has 3 N–H and O–H groups in total. The monoisotopic (exact) mass is 322 g/mol. The van der Waals surface area contributed by atoms with Crippen LogP contribution in [0.3, 0.4) is 0 Å². The third-order valence-electron chi connectivity index (χ3n) is 3.11. The van der Waals surface area contributed by atoms with Crippen LogP contribution >= 0.6 is 23.7 Å². The lowest BCUT2D eigenvalue weighted by atomic mass is 10.3. The van der Waals surface area contributed by atoms with Gasteiger partial charge < -0.3 is 4.90 Å². The predicted molar refractivity (Wildman–Crippen MR) is 86.7 cm³/mol. The van der Waals surface area contributed by atoms with Crippen LogP contribution in [0, 0.1) is 0 Å². The smallest absolute Gasteiger partial charge is 0.273 e. The zero-order valence-electron chi connectivity index (χ0n) is 11.3. The molecule has 3 heterocycles. The summed E-state index contributed by atoms with van der Waals surface area (Å²) in [7, 11) is 0. The van der Waals surface area contributed by atoms with E-state index in [9.17, 15) is 4.79 Å². The molecule has 0 spiro atoms. The van der Waals surface area contributed by atoms with Crippen LogP contribution in [0.15, 0.2) is 29.7 Å². The van der Waals surface area contributed by atoms with Crippen LogP contribution in [0.5, 0.6) is 0 Å². The molecule has 7 nitrogen and oxygen atoms in total. The molecular weight excluding hydrogens is 308 g/mol. The Bertz CT molecular complexity index is 713. The number of amides is 1. The van der Waals surface area contributed by atoms with E-state index in [1.807, 2.05) is 27.4 Å². The molecule has 9 heteroatoms. The van der Waals surface area contributed by atoms with Crippen molar-refractivity contribution in [3.05, 3.63) is 29.7 Å². The number of fused-ring (bicyclic) bond motifs is 1. The van der Waals surface area contributed by atoms with E-state index in [-0.39, 0.29) is 5.91 Å². The number of anilines is 1. The second-order valence-electron chi connectivity index (χ2n) is 4.27. The average Bonchev–Trinajstić information content (AvgIpc) is 2.97. The van der Waals surface area contributed by atoms with Gasteiger partial charge in [0.1, 0.15) is 12.1 Å². The van der Waals surface area contributed by atoms with Gasteiger partial charge in [-0.3, -0.25) is 14.2 Å². The van der Waals surface area contributed by atoms with Gasteiger partial charge in [-0.1, -0.05) is 0 Å². The minimum atomic E-state index is -0.281. The highest BCUT2D eigenvalue weighted by atomic mass is 32.2. The number of rotatable bonds is 3. The number of hydrogen-bond acceptors (Lipinski definition) is 7. The van der Waals surface area contributed by atoms with Gasteiger partial charge in [0, 0.05) is 31.0 Å². The number of hydrazine groups is 1. The molecule has 1 amide bonds. The van der Waals surface area contributed by atoms with Crippen molar-refractivity contribution in [2.75, 3.05) is 23.5 Å². The van der Waals surface area contributed by atoms with Crippen LogP contribution in [0.25, 0.3) is 11.0 Å². The second-order valence-corrected chi connectivity index (χ2v) is 6.16. The maximum atomic E-state index is 11.7. The van der Waals surface area contributed by atoms with Crippen molar-refractivity contribution in [3.63, 3.8) is 0 Å². The standard InChI is InChI=1S/C12H14N6OS2/c1-20-18-3-2-8-10(14-7-15-11(8)18)17-4-5-21-9(6-17)12(19)16-13/h2-3,6-7H,4-5,13H2,1H3,(H,16,19). The summed E-state index contributed by atoms with van der Waals surface area (Å²) in [4.78, 5) is 22.9. The minimum Gasteiger partial charge on any atom is -0.330 e. The summed E-state index contributed by atoms with van der Waals surface area (Å²) in [6, 6.07) is 1.99. The first-order valence-electron chi connectivity index (χ1n) is 6.23. The van der Waals surface area contributed by atoms with Crippen LogP contribution < -0.4 is 16.2 Å². The Morgan fingerprint density at radius 1 is 1.52 bits per heavy atom. The van der Waals surface area contributed by atoms with Crippen molar-refractivity contribution in [2.45, 2.75) is 0 Å². The number of carbonyl (C=O) groups is 1.